The molecule has 0 N–H and O–H groups in total. The van der Waals surface area contributed by atoms with E-state index in [1.807, 2.05) is 13.8 Å². The summed E-state index contributed by atoms with van der Waals surface area (Å²) < 4.78 is 27.4. The second-order valence-electron chi connectivity index (χ2n) is 5.58. The van der Waals surface area contributed by atoms with Gasteiger partial charge in [0.15, 0.2) is 0 Å². The molecule has 0 aromatic heterocycles. The minimum Gasteiger partial charge on any atom is -0.207 e. The van der Waals surface area contributed by atoms with Crippen LogP contribution in [0, 0.1) is 5.92 Å². The molecule has 1 unspecified atom stereocenters. The molecule has 0 bridgehead atoms. The van der Waals surface area contributed by atoms with Gasteiger partial charge in [-0.3, -0.25) is 0 Å². The van der Waals surface area contributed by atoms with Crippen LogP contribution in [0.5, 0.6) is 0 Å². The fraction of sp³-hybridized carbons (Fsp3) is 0.571. The maximum Gasteiger partial charge on any atom is 0.244 e. The number of alkyl halides is 1. The molecule has 1 aromatic carbocycles. The zero-order chi connectivity index (χ0) is 15.8. The summed E-state index contributed by atoms with van der Waals surface area (Å²) in [5, 5.41) is 0.498. The van der Waals surface area contributed by atoms with E-state index in [0.29, 0.717) is 17.1 Å². The lowest BCUT2D eigenvalue weighted by atomic mass is 10.0. The Morgan fingerprint density at radius 3 is 2.57 bits per heavy atom. The Kier molecular flexibility index (Phi) is 5.48. The van der Waals surface area contributed by atoms with Gasteiger partial charge in [0.2, 0.25) is 10.0 Å². The van der Waals surface area contributed by atoms with Crippen LogP contribution in [-0.4, -0.2) is 25.3 Å². The maximum absolute atomic E-state index is 12.9. The molecule has 3 nitrogen and oxygen atoms in total. The number of nitrogens with zero attached hydrogens (tertiary/aromatic N) is 1. The summed E-state index contributed by atoms with van der Waals surface area (Å²) in [5.41, 5.74) is 0.532. The SMILES string of the molecule is CC(C)C1CCCN1S(=O)(=O)c1cc(Cl)cc(CCl)c1Cl. The van der Waals surface area contributed by atoms with Gasteiger partial charge in [-0.05, 0) is 36.5 Å². The van der Waals surface area contributed by atoms with E-state index in [4.69, 9.17) is 34.8 Å². The number of rotatable bonds is 4. The largest absolute Gasteiger partial charge is 0.244 e. The summed E-state index contributed by atoms with van der Waals surface area (Å²) in [7, 11) is -3.66. The van der Waals surface area contributed by atoms with E-state index < -0.39 is 10.0 Å². The fourth-order valence-corrected chi connectivity index (χ4v) is 5.77. The van der Waals surface area contributed by atoms with Crippen molar-refractivity contribution in [3.05, 3.63) is 27.7 Å². The molecule has 7 heteroatoms. The highest BCUT2D eigenvalue weighted by Crippen LogP contribution is 2.36. The first kappa shape index (κ1) is 17.4. The van der Waals surface area contributed by atoms with Crippen LogP contribution in [0.1, 0.15) is 32.3 Å². The van der Waals surface area contributed by atoms with Crippen molar-refractivity contribution >= 4 is 44.8 Å². The zero-order valence-corrected chi connectivity index (χ0v) is 15.0. The van der Waals surface area contributed by atoms with Gasteiger partial charge in [0, 0.05) is 23.5 Å². The van der Waals surface area contributed by atoms with Crippen molar-refractivity contribution in [3.63, 3.8) is 0 Å². The van der Waals surface area contributed by atoms with Crippen LogP contribution >= 0.6 is 34.8 Å². The van der Waals surface area contributed by atoms with E-state index in [1.54, 1.807) is 10.4 Å². The number of hydrogen-bond donors (Lipinski definition) is 0. The van der Waals surface area contributed by atoms with Gasteiger partial charge < -0.3 is 0 Å². The van der Waals surface area contributed by atoms with Crippen LogP contribution in [0.2, 0.25) is 10.0 Å². The highest BCUT2D eigenvalue weighted by molar-refractivity contribution is 7.89. The molecule has 0 aliphatic carbocycles. The van der Waals surface area contributed by atoms with Crippen molar-refractivity contribution in [2.24, 2.45) is 5.92 Å². The van der Waals surface area contributed by atoms with E-state index in [9.17, 15) is 8.42 Å². The lowest BCUT2D eigenvalue weighted by molar-refractivity contribution is 0.316. The first-order valence-corrected chi connectivity index (χ1v) is 9.57. The van der Waals surface area contributed by atoms with Crippen LogP contribution in [0.3, 0.4) is 0 Å². The van der Waals surface area contributed by atoms with Gasteiger partial charge in [0.25, 0.3) is 0 Å². The van der Waals surface area contributed by atoms with Crippen molar-refractivity contribution in [1.29, 1.82) is 0 Å². The Morgan fingerprint density at radius 1 is 1.33 bits per heavy atom. The second-order valence-corrected chi connectivity index (χ2v) is 8.52. The minimum absolute atomic E-state index is 0.00417. The van der Waals surface area contributed by atoms with Crippen molar-refractivity contribution < 1.29 is 8.42 Å². The van der Waals surface area contributed by atoms with Gasteiger partial charge in [-0.15, -0.1) is 11.6 Å². The molecule has 1 saturated heterocycles. The van der Waals surface area contributed by atoms with Crippen LogP contribution in [0.15, 0.2) is 17.0 Å². The molecular formula is C14H18Cl3NO2S. The lowest BCUT2D eigenvalue weighted by Crippen LogP contribution is -2.38. The average Bonchev–Trinajstić information content (AvgIpc) is 2.91. The maximum atomic E-state index is 12.9. The number of sulfonamides is 1. The minimum atomic E-state index is -3.66. The van der Waals surface area contributed by atoms with Gasteiger partial charge in [-0.25, -0.2) is 8.42 Å². The van der Waals surface area contributed by atoms with Crippen LogP contribution in [0.4, 0.5) is 0 Å². The molecule has 1 heterocycles. The summed E-state index contributed by atoms with van der Waals surface area (Å²) in [6, 6.07) is 3.01. The van der Waals surface area contributed by atoms with Crippen molar-refractivity contribution in [1.82, 2.24) is 4.31 Å². The van der Waals surface area contributed by atoms with E-state index in [0.717, 1.165) is 12.8 Å². The standard InChI is InChI=1S/C14H18Cl3NO2S/c1-9(2)12-4-3-5-18(12)21(19,20)13-7-11(16)6-10(8-15)14(13)17/h6-7,9,12H,3-5,8H2,1-2H3. The second kappa shape index (κ2) is 6.63. The Balaban J connectivity index is 2.52. The van der Waals surface area contributed by atoms with Crippen LogP contribution in [-0.2, 0) is 15.9 Å². The highest BCUT2D eigenvalue weighted by Gasteiger charge is 2.38. The molecule has 21 heavy (non-hydrogen) atoms. The smallest absolute Gasteiger partial charge is 0.207 e. The third kappa shape index (κ3) is 3.35. The quantitative estimate of drug-likeness (QED) is 0.730. The summed E-state index contributed by atoms with van der Waals surface area (Å²) >= 11 is 18.0. The molecule has 0 saturated carbocycles. The zero-order valence-electron chi connectivity index (χ0n) is 11.9. The number of benzene rings is 1. The topological polar surface area (TPSA) is 37.4 Å². The summed E-state index contributed by atoms with van der Waals surface area (Å²) in [4.78, 5) is 0.0554. The predicted molar refractivity (Wildman–Crippen MR) is 87.8 cm³/mol. The monoisotopic (exact) mass is 369 g/mol. The van der Waals surface area contributed by atoms with E-state index >= 15 is 0 Å². The molecule has 1 fully saturated rings. The van der Waals surface area contributed by atoms with E-state index in [-0.39, 0.29) is 27.8 Å². The van der Waals surface area contributed by atoms with Crippen LogP contribution in [0.25, 0.3) is 0 Å². The highest BCUT2D eigenvalue weighted by atomic mass is 35.5. The molecule has 1 aliphatic rings. The van der Waals surface area contributed by atoms with Gasteiger partial charge in [-0.1, -0.05) is 37.0 Å². The molecule has 0 amide bonds. The summed E-state index contributed by atoms with van der Waals surface area (Å²) in [5.74, 6) is 0.378. The Morgan fingerprint density at radius 2 is 2.00 bits per heavy atom. The molecule has 118 valence electrons. The normalized spacial score (nSPS) is 20.4. The number of hydrogen-bond acceptors (Lipinski definition) is 2. The summed E-state index contributed by atoms with van der Waals surface area (Å²) in [6.45, 7) is 4.58. The van der Waals surface area contributed by atoms with Crippen molar-refractivity contribution in [3.8, 4) is 0 Å². The third-order valence-electron chi connectivity index (χ3n) is 3.83. The summed E-state index contributed by atoms with van der Waals surface area (Å²) in [6.07, 6.45) is 1.74. The molecule has 1 aliphatic heterocycles. The predicted octanol–water partition coefficient (Wildman–Crippen LogP) is 4.54. The first-order chi connectivity index (χ1) is 9.78. The van der Waals surface area contributed by atoms with Gasteiger partial charge in [0.05, 0.1) is 5.02 Å². The first-order valence-electron chi connectivity index (χ1n) is 6.84. The average molecular weight is 371 g/mol. The van der Waals surface area contributed by atoms with E-state index in [1.165, 1.54) is 6.07 Å². The fourth-order valence-electron chi connectivity index (χ4n) is 2.76. The number of halogens is 3. The molecule has 0 radical (unpaired) electrons. The molecule has 1 aromatic rings. The molecule has 1 atom stereocenters. The molecular weight excluding hydrogens is 353 g/mol. The van der Waals surface area contributed by atoms with Crippen molar-refractivity contribution in [2.45, 2.75) is 43.5 Å². The third-order valence-corrected chi connectivity index (χ3v) is 6.84. The van der Waals surface area contributed by atoms with Crippen LogP contribution < -0.4 is 0 Å². The van der Waals surface area contributed by atoms with Gasteiger partial charge >= 0.3 is 0 Å². The lowest BCUT2D eigenvalue weighted by Gasteiger charge is -2.27. The van der Waals surface area contributed by atoms with Crippen molar-refractivity contribution in [2.75, 3.05) is 6.54 Å². The Hall–Kier alpha value is -0.000000000000000111. The molecule has 2 rings (SSSR count). The Bertz CT molecular complexity index is 631. The molecule has 0 spiro atoms. The van der Waals surface area contributed by atoms with Gasteiger partial charge in [0.1, 0.15) is 4.90 Å². The Labute approximate surface area is 141 Å². The van der Waals surface area contributed by atoms with Gasteiger partial charge in [-0.2, -0.15) is 4.31 Å². The van der Waals surface area contributed by atoms with E-state index in [2.05, 4.69) is 0 Å².